The van der Waals surface area contributed by atoms with E-state index in [0.717, 1.165) is 0 Å². The number of aryl methyl sites for hydroxylation is 1. The predicted octanol–water partition coefficient (Wildman–Crippen LogP) is 3.47. The van der Waals surface area contributed by atoms with Gasteiger partial charge in [-0.25, -0.2) is 23.1 Å². The minimum absolute atomic E-state index is 0.0480. The number of benzene rings is 2. The highest BCUT2D eigenvalue weighted by Crippen LogP contribution is 2.25. The van der Waals surface area contributed by atoms with Gasteiger partial charge < -0.3 is 4.57 Å². The molecule has 0 aliphatic rings. The molecular formula is C21H16ClN5O5S. The molecule has 168 valence electrons. The van der Waals surface area contributed by atoms with E-state index in [1.165, 1.54) is 36.4 Å². The maximum atomic E-state index is 12.6. The van der Waals surface area contributed by atoms with Crippen molar-refractivity contribution in [3.8, 4) is 0 Å². The van der Waals surface area contributed by atoms with Gasteiger partial charge in [-0.1, -0.05) is 29.8 Å². The number of nitro benzene ring substituents is 1. The molecule has 1 N–H and O–H groups in total. The zero-order valence-corrected chi connectivity index (χ0v) is 18.7. The number of halogens is 1. The molecule has 4 aromatic rings. The van der Waals surface area contributed by atoms with Gasteiger partial charge in [-0.2, -0.15) is 0 Å². The van der Waals surface area contributed by atoms with Gasteiger partial charge in [0.2, 0.25) is 0 Å². The van der Waals surface area contributed by atoms with Gasteiger partial charge in [0, 0.05) is 12.1 Å². The number of amides is 1. The summed E-state index contributed by atoms with van der Waals surface area (Å²) in [7, 11) is -4.07. The number of carbonyl (C=O) groups excluding carboxylic acids is 1. The van der Waals surface area contributed by atoms with E-state index in [1.807, 2.05) is 4.72 Å². The minimum Gasteiger partial charge on any atom is -0.308 e. The van der Waals surface area contributed by atoms with Crippen molar-refractivity contribution < 1.29 is 18.1 Å². The van der Waals surface area contributed by atoms with Gasteiger partial charge in [0.05, 0.1) is 21.4 Å². The van der Waals surface area contributed by atoms with Gasteiger partial charge in [0.15, 0.2) is 5.65 Å². The molecule has 0 saturated heterocycles. The summed E-state index contributed by atoms with van der Waals surface area (Å²) < 4.78 is 28.6. The molecule has 0 spiro atoms. The van der Waals surface area contributed by atoms with Crippen LogP contribution in [-0.4, -0.2) is 33.8 Å². The largest absolute Gasteiger partial charge is 0.308 e. The number of non-ortho nitro benzene ring substituents is 1. The third kappa shape index (κ3) is 4.54. The molecule has 2 aromatic heterocycles. The van der Waals surface area contributed by atoms with Crippen LogP contribution in [0.2, 0.25) is 5.02 Å². The van der Waals surface area contributed by atoms with E-state index in [-0.39, 0.29) is 27.8 Å². The SMILES string of the molecule is Cc1nc2ccc(C(=O)NS(=O)(=O)c3ccccc3)nc2n1Cc1ccc([N+](=O)[O-])cc1Cl. The van der Waals surface area contributed by atoms with Crippen LogP contribution in [0.4, 0.5) is 5.69 Å². The third-order valence-corrected chi connectivity index (χ3v) is 6.57. The Morgan fingerprint density at radius 2 is 1.85 bits per heavy atom. The normalized spacial score (nSPS) is 11.5. The van der Waals surface area contributed by atoms with Gasteiger partial charge in [-0.3, -0.25) is 14.9 Å². The number of sulfonamides is 1. The molecule has 0 atom stereocenters. The van der Waals surface area contributed by atoms with Crippen molar-refractivity contribution in [2.75, 3.05) is 0 Å². The van der Waals surface area contributed by atoms with Gasteiger partial charge in [0.25, 0.3) is 21.6 Å². The van der Waals surface area contributed by atoms with E-state index in [1.54, 1.807) is 35.8 Å². The molecule has 0 saturated carbocycles. The van der Waals surface area contributed by atoms with Gasteiger partial charge >= 0.3 is 0 Å². The Morgan fingerprint density at radius 1 is 1.12 bits per heavy atom. The van der Waals surface area contributed by atoms with Gasteiger partial charge in [0.1, 0.15) is 17.0 Å². The fraction of sp³-hybridized carbons (Fsp3) is 0.0952. The average Bonchev–Trinajstić information content (AvgIpc) is 3.09. The van der Waals surface area contributed by atoms with E-state index in [0.29, 0.717) is 22.6 Å². The molecule has 0 bridgehead atoms. The van der Waals surface area contributed by atoms with Crippen LogP contribution in [-0.2, 0) is 16.6 Å². The molecule has 12 heteroatoms. The maximum Gasteiger partial charge on any atom is 0.283 e. The first-order valence-corrected chi connectivity index (χ1v) is 11.4. The second-order valence-corrected chi connectivity index (χ2v) is 9.15. The summed E-state index contributed by atoms with van der Waals surface area (Å²) in [4.78, 5) is 31.7. The lowest BCUT2D eigenvalue weighted by molar-refractivity contribution is -0.384. The average molecular weight is 486 g/mol. The van der Waals surface area contributed by atoms with E-state index in [9.17, 15) is 23.3 Å². The van der Waals surface area contributed by atoms with Crippen molar-refractivity contribution in [3.05, 3.63) is 92.9 Å². The predicted molar refractivity (Wildman–Crippen MR) is 121 cm³/mol. The van der Waals surface area contributed by atoms with Crippen molar-refractivity contribution in [2.45, 2.75) is 18.4 Å². The molecule has 4 rings (SSSR count). The Balaban J connectivity index is 1.66. The Hall–Kier alpha value is -3.83. The molecule has 2 aromatic carbocycles. The second kappa shape index (κ2) is 8.60. The number of rotatable bonds is 6. The zero-order chi connectivity index (χ0) is 23.8. The Morgan fingerprint density at radius 3 is 2.52 bits per heavy atom. The van der Waals surface area contributed by atoms with Crippen LogP contribution in [0.15, 0.2) is 65.6 Å². The number of nitrogens with one attached hydrogen (secondary N) is 1. The minimum atomic E-state index is -4.07. The van der Waals surface area contributed by atoms with E-state index < -0.39 is 20.9 Å². The number of imidazole rings is 1. The number of fused-ring (bicyclic) bond motifs is 1. The molecule has 0 radical (unpaired) electrons. The highest BCUT2D eigenvalue weighted by atomic mass is 35.5. The molecule has 2 heterocycles. The number of hydrogen-bond donors (Lipinski definition) is 1. The molecule has 33 heavy (non-hydrogen) atoms. The lowest BCUT2D eigenvalue weighted by atomic mass is 10.2. The summed E-state index contributed by atoms with van der Waals surface area (Å²) in [5.41, 5.74) is 1.18. The quantitative estimate of drug-likeness (QED) is 0.326. The van der Waals surface area contributed by atoms with Crippen LogP contribution in [0.25, 0.3) is 11.2 Å². The van der Waals surface area contributed by atoms with E-state index >= 15 is 0 Å². The maximum absolute atomic E-state index is 12.6. The Kier molecular flexibility index (Phi) is 5.83. The second-order valence-electron chi connectivity index (χ2n) is 7.06. The topological polar surface area (TPSA) is 137 Å². The number of hydrogen-bond acceptors (Lipinski definition) is 7. The van der Waals surface area contributed by atoms with Gasteiger partial charge in [-0.05, 0) is 42.8 Å². The Labute approximate surface area is 193 Å². The summed E-state index contributed by atoms with van der Waals surface area (Å²) in [5, 5.41) is 11.1. The van der Waals surface area contributed by atoms with Crippen molar-refractivity contribution >= 4 is 44.4 Å². The lowest BCUT2D eigenvalue weighted by Crippen LogP contribution is -2.31. The molecule has 0 aliphatic heterocycles. The van der Waals surface area contributed by atoms with Crippen molar-refractivity contribution in [2.24, 2.45) is 0 Å². The van der Waals surface area contributed by atoms with Crippen LogP contribution >= 0.6 is 11.6 Å². The van der Waals surface area contributed by atoms with Crippen molar-refractivity contribution in [3.63, 3.8) is 0 Å². The van der Waals surface area contributed by atoms with E-state index in [2.05, 4.69) is 9.97 Å². The first kappa shape index (κ1) is 22.4. The van der Waals surface area contributed by atoms with E-state index in [4.69, 9.17) is 11.6 Å². The van der Waals surface area contributed by atoms with Crippen molar-refractivity contribution in [1.29, 1.82) is 0 Å². The third-order valence-electron chi connectivity index (χ3n) is 4.87. The van der Waals surface area contributed by atoms with Crippen molar-refractivity contribution in [1.82, 2.24) is 19.3 Å². The number of carbonyl (C=O) groups is 1. The molecule has 10 nitrogen and oxygen atoms in total. The number of aromatic nitrogens is 3. The fourth-order valence-corrected chi connectivity index (χ4v) is 4.43. The molecule has 0 unspecified atom stereocenters. The summed E-state index contributed by atoms with van der Waals surface area (Å²) in [6, 6.07) is 14.6. The summed E-state index contributed by atoms with van der Waals surface area (Å²) >= 11 is 6.22. The highest BCUT2D eigenvalue weighted by Gasteiger charge is 2.21. The monoisotopic (exact) mass is 485 g/mol. The summed E-state index contributed by atoms with van der Waals surface area (Å²) in [6.45, 7) is 1.93. The first-order chi connectivity index (χ1) is 15.7. The van der Waals surface area contributed by atoms with Crippen LogP contribution in [0.1, 0.15) is 21.9 Å². The lowest BCUT2D eigenvalue weighted by Gasteiger charge is -2.09. The van der Waals surface area contributed by atoms with Crippen LogP contribution in [0.5, 0.6) is 0 Å². The molecule has 0 fully saturated rings. The van der Waals surface area contributed by atoms with Crippen LogP contribution in [0, 0.1) is 17.0 Å². The molecule has 0 aliphatic carbocycles. The zero-order valence-electron chi connectivity index (χ0n) is 17.1. The highest BCUT2D eigenvalue weighted by molar-refractivity contribution is 7.90. The Bertz CT molecular complexity index is 1500. The molecule has 1 amide bonds. The van der Waals surface area contributed by atoms with Gasteiger partial charge in [-0.15, -0.1) is 0 Å². The smallest absolute Gasteiger partial charge is 0.283 e. The molecular weight excluding hydrogens is 470 g/mol. The van der Waals surface area contributed by atoms with Crippen LogP contribution < -0.4 is 4.72 Å². The summed E-state index contributed by atoms with van der Waals surface area (Å²) in [5.74, 6) is -0.319. The number of pyridine rings is 1. The first-order valence-electron chi connectivity index (χ1n) is 9.54. The summed E-state index contributed by atoms with van der Waals surface area (Å²) in [6.07, 6.45) is 0. The van der Waals surface area contributed by atoms with Crippen LogP contribution in [0.3, 0.4) is 0 Å². The number of nitrogens with zero attached hydrogens (tertiary/aromatic N) is 4. The number of nitro groups is 1. The fourth-order valence-electron chi connectivity index (χ4n) is 3.21. The standard InChI is InChI=1S/C21H16ClN5O5S/c1-13-23-18-9-10-19(21(28)25-33(31,32)16-5-3-2-4-6-16)24-20(18)26(13)12-14-7-8-15(27(29)30)11-17(14)22/h2-11H,12H2,1H3,(H,25,28).